The van der Waals surface area contributed by atoms with Gasteiger partial charge >= 0.3 is 6.03 Å². The molecule has 26 heavy (non-hydrogen) atoms. The molecule has 142 valence electrons. The van der Waals surface area contributed by atoms with Gasteiger partial charge in [0.25, 0.3) is 0 Å². The van der Waals surface area contributed by atoms with Crippen LogP contribution >= 0.6 is 0 Å². The highest BCUT2D eigenvalue weighted by Gasteiger charge is 2.39. The van der Waals surface area contributed by atoms with E-state index in [2.05, 4.69) is 10.2 Å². The van der Waals surface area contributed by atoms with Crippen molar-refractivity contribution in [3.8, 4) is 0 Å². The van der Waals surface area contributed by atoms with Gasteiger partial charge in [0.2, 0.25) is 0 Å². The summed E-state index contributed by atoms with van der Waals surface area (Å²) in [5.41, 5.74) is 1.17. The number of hydrogen-bond acceptors (Lipinski definition) is 3. The van der Waals surface area contributed by atoms with Crippen molar-refractivity contribution in [2.45, 2.75) is 56.8 Å². The molecule has 2 amide bonds. The van der Waals surface area contributed by atoms with Crippen molar-refractivity contribution in [2.75, 3.05) is 26.3 Å². The lowest BCUT2D eigenvalue weighted by Crippen LogP contribution is -2.58. The van der Waals surface area contributed by atoms with Crippen molar-refractivity contribution >= 4 is 6.03 Å². The quantitative estimate of drug-likeness (QED) is 0.900. The van der Waals surface area contributed by atoms with Crippen LogP contribution in [0.3, 0.4) is 0 Å². The van der Waals surface area contributed by atoms with E-state index in [1.807, 2.05) is 17.0 Å². The number of halogens is 1. The van der Waals surface area contributed by atoms with Crippen LogP contribution in [0, 0.1) is 5.82 Å². The van der Waals surface area contributed by atoms with E-state index in [0.29, 0.717) is 38.4 Å². The molecule has 0 saturated carbocycles. The number of carbonyl (C=O) groups is 1. The number of benzene rings is 1. The molecular weight excluding hydrogens is 333 g/mol. The molecule has 1 N–H and O–H groups in total. The van der Waals surface area contributed by atoms with Gasteiger partial charge in [-0.1, -0.05) is 18.6 Å². The maximum atomic E-state index is 13.2. The van der Waals surface area contributed by atoms with E-state index < -0.39 is 0 Å². The Labute approximate surface area is 154 Å². The monoisotopic (exact) mass is 361 g/mol. The summed E-state index contributed by atoms with van der Waals surface area (Å²) in [4.78, 5) is 16.9. The van der Waals surface area contributed by atoms with E-state index >= 15 is 0 Å². The SMILES string of the molecule is O=C(NC1CC2CCCC(C1)N2Cc1ccc(F)cc1)N1CCOCC1. The first-order valence-corrected chi connectivity index (χ1v) is 9.82. The molecular formula is C20H28FN3O2. The van der Waals surface area contributed by atoms with Crippen LogP contribution < -0.4 is 5.32 Å². The summed E-state index contributed by atoms with van der Waals surface area (Å²) >= 11 is 0. The largest absolute Gasteiger partial charge is 0.378 e. The Morgan fingerprint density at radius 2 is 1.77 bits per heavy atom. The van der Waals surface area contributed by atoms with Crippen molar-refractivity contribution in [1.82, 2.24) is 15.1 Å². The Bertz CT molecular complexity index is 604. The topological polar surface area (TPSA) is 44.8 Å². The van der Waals surface area contributed by atoms with E-state index in [4.69, 9.17) is 4.74 Å². The summed E-state index contributed by atoms with van der Waals surface area (Å²) < 4.78 is 18.5. The lowest BCUT2D eigenvalue weighted by molar-refractivity contribution is 0.0160. The van der Waals surface area contributed by atoms with E-state index in [1.165, 1.54) is 24.8 Å². The van der Waals surface area contributed by atoms with Crippen molar-refractivity contribution in [1.29, 1.82) is 0 Å². The van der Waals surface area contributed by atoms with Gasteiger partial charge < -0.3 is 15.0 Å². The van der Waals surface area contributed by atoms with Crippen LogP contribution in [0.5, 0.6) is 0 Å². The van der Waals surface area contributed by atoms with Crippen LogP contribution in [0.25, 0.3) is 0 Å². The van der Waals surface area contributed by atoms with Gasteiger partial charge in [0.1, 0.15) is 5.82 Å². The number of hydrogen-bond donors (Lipinski definition) is 1. The van der Waals surface area contributed by atoms with Gasteiger partial charge in [0, 0.05) is 37.8 Å². The highest BCUT2D eigenvalue weighted by Crippen LogP contribution is 2.35. The standard InChI is InChI=1S/C20H28FN3O2/c21-16-6-4-15(5-7-16)14-24-18-2-1-3-19(24)13-17(12-18)22-20(25)23-8-10-26-11-9-23/h4-7,17-19H,1-3,8-14H2,(H,22,25). The third-order valence-electron chi connectivity index (χ3n) is 6.03. The lowest BCUT2D eigenvalue weighted by atomic mass is 9.81. The number of nitrogens with zero attached hydrogens (tertiary/aromatic N) is 2. The number of ether oxygens (including phenoxy) is 1. The molecule has 4 rings (SSSR count). The summed E-state index contributed by atoms with van der Waals surface area (Å²) in [7, 11) is 0. The molecule has 5 nitrogen and oxygen atoms in total. The summed E-state index contributed by atoms with van der Waals surface area (Å²) in [5, 5.41) is 3.26. The number of urea groups is 1. The molecule has 0 aliphatic carbocycles. The van der Waals surface area contributed by atoms with Gasteiger partial charge in [-0.2, -0.15) is 0 Å². The van der Waals surface area contributed by atoms with E-state index in [1.54, 1.807) is 12.1 Å². The second-order valence-corrected chi connectivity index (χ2v) is 7.75. The predicted molar refractivity (Wildman–Crippen MR) is 97.3 cm³/mol. The highest BCUT2D eigenvalue weighted by molar-refractivity contribution is 5.74. The fourth-order valence-corrected chi connectivity index (χ4v) is 4.69. The first-order chi connectivity index (χ1) is 12.7. The maximum absolute atomic E-state index is 13.2. The smallest absolute Gasteiger partial charge is 0.317 e. The van der Waals surface area contributed by atoms with Crippen LogP contribution in [0.4, 0.5) is 9.18 Å². The highest BCUT2D eigenvalue weighted by atomic mass is 19.1. The summed E-state index contributed by atoms with van der Waals surface area (Å²) in [6.45, 7) is 3.51. The second-order valence-electron chi connectivity index (χ2n) is 7.75. The Morgan fingerprint density at radius 3 is 2.42 bits per heavy atom. The minimum absolute atomic E-state index is 0.0587. The van der Waals surface area contributed by atoms with Crippen LogP contribution in [-0.4, -0.2) is 60.3 Å². The number of morpholine rings is 1. The van der Waals surface area contributed by atoms with E-state index in [-0.39, 0.29) is 17.9 Å². The molecule has 0 aromatic heterocycles. The molecule has 0 radical (unpaired) electrons. The van der Waals surface area contributed by atoms with Crippen LogP contribution in [0.1, 0.15) is 37.7 Å². The Hall–Kier alpha value is -1.66. The molecule has 1 aromatic rings. The Morgan fingerprint density at radius 1 is 1.12 bits per heavy atom. The zero-order valence-electron chi connectivity index (χ0n) is 15.2. The van der Waals surface area contributed by atoms with Crippen LogP contribution in [-0.2, 0) is 11.3 Å². The molecule has 3 aliphatic rings. The van der Waals surface area contributed by atoms with Crippen molar-refractivity contribution in [2.24, 2.45) is 0 Å². The minimum atomic E-state index is -0.182. The molecule has 0 spiro atoms. The normalized spacial score (nSPS) is 29.4. The third kappa shape index (κ3) is 4.01. The number of piperidine rings is 2. The maximum Gasteiger partial charge on any atom is 0.317 e. The van der Waals surface area contributed by atoms with Crippen molar-refractivity contribution < 1.29 is 13.9 Å². The number of fused-ring (bicyclic) bond motifs is 2. The molecule has 3 fully saturated rings. The first-order valence-electron chi connectivity index (χ1n) is 9.82. The molecule has 3 saturated heterocycles. The predicted octanol–water partition coefficient (Wildman–Crippen LogP) is 2.75. The zero-order valence-corrected chi connectivity index (χ0v) is 15.2. The molecule has 2 bridgehead atoms. The second kappa shape index (κ2) is 7.92. The molecule has 1 aromatic carbocycles. The van der Waals surface area contributed by atoms with Gasteiger partial charge in [0.15, 0.2) is 0 Å². The van der Waals surface area contributed by atoms with Gasteiger partial charge in [-0.3, -0.25) is 4.90 Å². The fourth-order valence-electron chi connectivity index (χ4n) is 4.69. The fraction of sp³-hybridized carbons (Fsp3) is 0.650. The first kappa shape index (κ1) is 17.7. The number of nitrogens with one attached hydrogen (secondary N) is 1. The molecule has 3 aliphatic heterocycles. The van der Waals surface area contributed by atoms with E-state index in [0.717, 1.165) is 19.4 Å². The third-order valence-corrected chi connectivity index (χ3v) is 6.03. The Kier molecular flexibility index (Phi) is 5.41. The number of amides is 2. The average molecular weight is 361 g/mol. The summed E-state index contributed by atoms with van der Waals surface area (Å²) in [6.07, 6.45) is 5.64. The van der Waals surface area contributed by atoms with Gasteiger partial charge in [-0.25, -0.2) is 9.18 Å². The van der Waals surface area contributed by atoms with Crippen LogP contribution in [0.15, 0.2) is 24.3 Å². The van der Waals surface area contributed by atoms with Gasteiger partial charge in [-0.05, 0) is 43.4 Å². The summed E-state index contributed by atoms with van der Waals surface area (Å²) in [6, 6.07) is 8.17. The van der Waals surface area contributed by atoms with Gasteiger partial charge in [0.05, 0.1) is 13.2 Å². The summed E-state index contributed by atoms with van der Waals surface area (Å²) in [5.74, 6) is -0.182. The van der Waals surface area contributed by atoms with Gasteiger partial charge in [-0.15, -0.1) is 0 Å². The minimum Gasteiger partial charge on any atom is -0.378 e. The molecule has 3 heterocycles. The van der Waals surface area contributed by atoms with Crippen molar-refractivity contribution in [3.63, 3.8) is 0 Å². The molecule has 6 heteroatoms. The lowest BCUT2D eigenvalue weighted by Gasteiger charge is -2.49. The van der Waals surface area contributed by atoms with Crippen molar-refractivity contribution in [3.05, 3.63) is 35.6 Å². The van der Waals surface area contributed by atoms with Crippen LogP contribution in [0.2, 0.25) is 0 Å². The zero-order chi connectivity index (χ0) is 17.9. The van der Waals surface area contributed by atoms with E-state index in [9.17, 15) is 9.18 Å². The number of rotatable bonds is 3. The average Bonchev–Trinajstić information content (AvgIpc) is 2.65. The molecule has 2 atom stereocenters. The molecule has 2 unspecified atom stereocenters. The Balaban J connectivity index is 1.36. The number of carbonyl (C=O) groups excluding carboxylic acids is 1.